The lowest BCUT2D eigenvalue weighted by molar-refractivity contribution is 0.0990. The predicted octanol–water partition coefficient (Wildman–Crippen LogP) is 7.79. The number of hydrogen-bond donors (Lipinski definition) is 0. The van der Waals surface area contributed by atoms with Crippen molar-refractivity contribution >= 4 is 71.4 Å². The molecular weight excluding hydrogens is 458 g/mol. The van der Waals surface area contributed by atoms with Gasteiger partial charge >= 0.3 is 0 Å². The molecule has 0 radical (unpaired) electrons. The Morgan fingerprint density at radius 2 is 1.26 bits per heavy atom. The average molecular weight is 474 g/mol. The van der Waals surface area contributed by atoms with Gasteiger partial charge in [-0.3, -0.25) is 9.59 Å². The summed E-state index contributed by atoms with van der Waals surface area (Å²) in [5.74, 6) is -0.442. The average Bonchev–Trinajstić information content (AvgIpc) is 3.50. The molecule has 7 rings (SSSR count). The van der Waals surface area contributed by atoms with Crippen LogP contribution in [0.25, 0.3) is 47.6 Å². The van der Waals surface area contributed by atoms with Gasteiger partial charge in [-0.25, -0.2) is 4.98 Å². The second-order valence-corrected chi connectivity index (χ2v) is 10.4. The monoisotopic (exact) mass is 473 g/mol. The van der Waals surface area contributed by atoms with Gasteiger partial charge in [-0.15, -0.1) is 22.7 Å². The Balaban J connectivity index is 1.25. The van der Waals surface area contributed by atoms with Gasteiger partial charge in [-0.05, 0) is 57.4 Å². The molecule has 160 valence electrons. The first-order chi connectivity index (χ1) is 16.6. The molecule has 1 aliphatic carbocycles. The van der Waals surface area contributed by atoms with Crippen molar-refractivity contribution in [2.24, 2.45) is 0 Å². The van der Waals surface area contributed by atoms with Crippen molar-refractivity contribution in [2.75, 3.05) is 0 Å². The zero-order valence-electron chi connectivity index (χ0n) is 17.7. The van der Waals surface area contributed by atoms with E-state index in [0.717, 1.165) is 30.7 Å². The van der Waals surface area contributed by atoms with Gasteiger partial charge in [0.2, 0.25) is 0 Å². The summed E-state index contributed by atoms with van der Waals surface area (Å²) < 4.78 is 1.06. The molecule has 0 amide bonds. The third-order valence-corrected chi connectivity index (χ3v) is 8.43. The lowest BCUT2D eigenvalue weighted by Crippen LogP contribution is -1.99. The summed E-state index contributed by atoms with van der Waals surface area (Å²) in [5, 5.41) is 5.02. The molecule has 6 aromatic rings. The Morgan fingerprint density at radius 1 is 0.647 bits per heavy atom. The summed E-state index contributed by atoms with van der Waals surface area (Å²) in [6.07, 6.45) is 1.66. The van der Waals surface area contributed by atoms with Gasteiger partial charge in [0, 0.05) is 16.0 Å². The predicted molar refractivity (Wildman–Crippen MR) is 141 cm³/mol. The number of ketones is 2. The number of benzene rings is 4. The summed E-state index contributed by atoms with van der Waals surface area (Å²) in [7, 11) is 0. The molecule has 0 N–H and O–H groups in total. The van der Waals surface area contributed by atoms with E-state index in [9.17, 15) is 9.59 Å². The largest absolute Gasteiger partial charge is 0.288 e. The van der Waals surface area contributed by atoms with Crippen molar-refractivity contribution < 1.29 is 9.59 Å². The van der Waals surface area contributed by atoms with E-state index in [-0.39, 0.29) is 17.1 Å². The van der Waals surface area contributed by atoms with Crippen LogP contribution in [0.4, 0.5) is 0 Å². The van der Waals surface area contributed by atoms with Crippen molar-refractivity contribution in [2.45, 2.75) is 0 Å². The zero-order chi connectivity index (χ0) is 22.8. The molecule has 0 aliphatic heterocycles. The van der Waals surface area contributed by atoms with E-state index in [2.05, 4.69) is 36.4 Å². The fourth-order valence-corrected chi connectivity index (χ4v) is 6.73. The number of carbonyl (C=O) groups is 2. The minimum absolute atomic E-state index is 0.196. The first kappa shape index (κ1) is 19.5. The van der Waals surface area contributed by atoms with Crippen molar-refractivity contribution in [1.82, 2.24) is 4.98 Å². The van der Waals surface area contributed by atoms with E-state index >= 15 is 0 Å². The van der Waals surface area contributed by atoms with Gasteiger partial charge in [0.1, 0.15) is 9.84 Å². The second-order valence-electron chi connectivity index (χ2n) is 8.36. The molecule has 2 aromatic heterocycles. The maximum Gasteiger partial charge on any atom is 0.197 e. The van der Waals surface area contributed by atoms with Crippen molar-refractivity contribution in [3.05, 3.63) is 107 Å². The first-order valence-electron chi connectivity index (χ1n) is 10.9. The van der Waals surface area contributed by atoms with Crippen LogP contribution in [0, 0.1) is 0 Å². The van der Waals surface area contributed by atoms with E-state index in [4.69, 9.17) is 4.98 Å². The molecular formula is C29H15NO2S2. The molecule has 0 saturated heterocycles. The first-order valence-corrected chi connectivity index (χ1v) is 12.5. The molecule has 4 aromatic carbocycles. The molecule has 5 heteroatoms. The van der Waals surface area contributed by atoms with Crippen LogP contribution in [-0.4, -0.2) is 16.6 Å². The van der Waals surface area contributed by atoms with E-state index in [1.807, 2.05) is 48.5 Å². The van der Waals surface area contributed by atoms with Crippen LogP contribution in [0.2, 0.25) is 0 Å². The Kier molecular flexibility index (Phi) is 4.19. The number of allylic oxidation sites excluding steroid dienone is 1. The molecule has 0 bridgehead atoms. The number of rotatable bonds is 2. The molecule has 0 saturated carbocycles. The van der Waals surface area contributed by atoms with Crippen LogP contribution in [0.5, 0.6) is 0 Å². The Hall–Kier alpha value is -3.93. The van der Waals surface area contributed by atoms with Crippen molar-refractivity contribution in [1.29, 1.82) is 0 Å². The van der Waals surface area contributed by atoms with Crippen molar-refractivity contribution in [3.8, 4) is 10.4 Å². The smallest absolute Gasteiger partial charge is 0.197 e. The summed E-state index contributed by atoms with van der Waals surface area (Å²) in [5.41, 5.74) is 2.32. The summed E-state index contributed by atoms with van der Waals surface area (Å²) in [6, 6.07) is 28.4. The molecule has 0 unspecified atom stereocenters. The number of Topliss-reactive ketones (excluding diaryl/α,β-unsaturated/α-hetero) is 2. The van der Waals surface area contributed by atoms with Gasteiger partial charge in [0.05, 0.1) is 10.3 Å². The Morgan fingerprint density at radius 3 is 1.91 bits per heavy atom. The van der Waals surface area contributed by atoms with Crippen LogP contribution in [0.3, 0.4) is 0 Å². The molecule has 34 heavy (non-hydrogen) atoms. The highest BCUT2D eigenvalue weighted by atomic mass is 32.1. The van der Waals surface area contributed by atoms with Gasteiger partial charge in [-0.2, -0.15) is 0 Å². The summed E-state index contributed by atoms with van der Waals surface area (Å²) in [4.78, 5) is 32.9. The number of carbonyl (C=O) groups excluding carboxylic acids is 2. The van der Waals surface area contributed by atoms with E-state index < -0.39 is 0 Å². The number of thiophene rings is 1. The highest BCUT2D eigenvalue weighted by Crippen LogP contribution is 2.39. The fraction of sp³-hybridized carbons (Fsp3) is 0. The molecule has 1 aliphatic rings. The molecule has 0 atom stereocenters. The van der Waals surface area contributed by atoms with Crippen LogP contribution in [0.15, 0.2) is 90.5 Å². The zero-order valence-corrected chi connectivity index (χ0v) is 19.4. The van der Waals surface area contributed by atoms with Gasteiger partial charge in [-0.1, -0.05) is 60.7 Å². The number of thiazole rings is 1. The molecule has 3 nitrogen and oxygen atoms in total. The highest BCUT2D eigenvalue weighted by Gasteiger charge is 2.33. The SMILES string of the molecule is O=C1C(=Cc2nc3sc(-c4ccc5ccccc5c4)cc3s2)C(=O)c2cc3ccccc3cc21. The minimum Gasteiger partial charge on any atom is -0.288 e. The van der Waals surface area contributed by atoms with E-state index in [1.54, 1.807) is 17.4 Å². The normalized spacial score (nSPS) is 13.4. The Bertz CT molecular complexity index is 1770. The fourth-order valence-electron chi connectivity index (χ4n) is 4.56. The standard InChI is InChI=1S/C29H15NO2S2/c31-27-21-12-18-7-3-4-8-19(18)13-22(21)28(32)23(27)14-26-30-29-25(33-26)15-24(34-29)20-10-9-16-5-1-2-6-17(16)11-20/h1-15H. The van der Waals surface area contributed by atoms with Gasteiger partial charge < -0.3 is 0 Å². The van der Waals surface area contributed by atoms with Crippen LogP contribution >= 0.6 is 22.7 Å². The van der Waals surface area contributed by atoms with E-state index in [1.165, 1.54) is 22.1 Å². The number of nitrogens with zero attached hydrogens (tertiary/aromatic N) is 1. The lowest BCUT2D eigenvalue weighted by Gasteiger charge is -2.01. The summed E-state index contributed by atoms with van der Waals surface area (Å²) >= 11 is 3.14. The van der Waals surface area contributed by atoms with Gasteiger partial charge in [0.15, 0.2) is 11.6 Å². The topological polar surface area (TPSA) is 47.0 Å². The number of fused-ring (bicyclic) bond motifs is 4. The van der Waals surface area contributed by atoms with Crippen molar-refractivity contribution in [3.63, 3.8) is 0 Å². The maximum absolute atomic E-state index is 13.0. The quantitative estimate of drug-likeness (QED) is 0.190. The Labute approximate surface area is 202 Å². The van der Waals surface area contributed by atoms with Crippen LogP contribution < -0.4 is 0 Å². The lowest BCUT2D eigenvalue weighted by atomic mass is 10.0. The number of aromatic nitrogens is 1. The minimum atomic E-state index is -0.221. The third-order valence-electron chi connectivity index (χ3n) is 6.27. The van der Waals surface area contributed by atoms with Crippen LogP contribution in [0.1, 0.15) is 25.7 Å². The second kappa shape index (κ2) is 7.29. The third kappa shape index (κ3) is 2.98. The molecule has 2 heterocycles. The van der Waals surface area contributed by atoms with Crippen LogP contribution in [-0.2, 0) is 0 Å². The number of hydrogen-bond acceptors (Lipinski definition) is 5. The molecule has 0 fully saturated rings. The highest BCUT2D eigenvalue weighted by molar-refractivity contribution is 7.29. The summed E-state index contributed by atoms with van der Waals surface area (Å²) in [6.45, 7) is 0. The van der Waals surface area contributed by atoms with E-state index in [0.29, 0.717) is 16.1 Å². The molecule has 0 spiro atoms. The van der Waals surface area contributed by atoms with Gasteiger partial charge in [0.25, 0.3) is 0 Å². The maximum atomic E-state index is 13.0.